The summed E-state index contributed by atoms with van der Waals surface area (Å²) < 4.78 is 7.77. The van der Waals surface area contributed by atoms with E-state index < -0.39 is 0 Å². The molecule has 1 aliphatic heterocycles. The fraction of sp³-hybridized carbons (Fsp3) is 0.615. The third kappa shape index (κ3) is 6.42. The van der Waals surface area contributed by atoms with Crippen LogP contribution in [0.4, 0.5) is 0 Å². The Bertz CT molecular complexity index is 1700. The van der Waals surface area contributed by atoms with Crippen LogP contribution < -0.4 is 20.9 Å². The van der Waals surface area contributed by atoms with E-state index in [-0.39, 0.29) is 30.0 Å². The van der Waals surface area contributed by atoms with E-state index >= 15 is 0 Å². The molecule has 0 unspecified atom stereocenters. The number of piperidine rings is 1. The summed E-state index contributed by atoms with van der Waals surface area (Å²) in [5, 5.41) is 7.21. The number of rotatable bonds is 11. The van der Waals surface area contributed by atoms with Gasteiger partial charge in [0.25, 0.3) is 11.5 Å². The smallest absolute Gasteiger partial charge is 0.256 e. The second-order valence-electron chi connectivity index (χ2n) is 15.7. The van der Waals surface area contributed by atoms with Gasteiger partial charge in [0, 0.05) is 47.8 Å². The maximum Gasteiger partial charge on any atom is 0.256 e. The van der Waals surface area contributed by atoms with E-state index in [4.69, 9.17) is 4.74 Å². The van der Waals surface area contributed by atoms with E-state index in [2.05, 4.69) is 38.1 Å². The van der Waals surface area contributed by atoms with Gasteiger partial charge in [-0.2, -0.15) is 0 Å². The molecule has 3 heterocycles. The summed E-state index contributed by atoms with van der Waals surface area (Å²) in [5.74, 6) is 3.65. The van der Waals surface area contributed by atoms with Crippen molar-refractivity contribution in [3.05, 3.63) is 63.2 Å². The number of aromatic nitrogens is 2. The molecule has 1 atom stereocenters. The van der Waals surface area contributed by atoms with Crippen LogP contribution >= 0.6 is 0 Å². The Morgan fingerprint density at radius 1 is 1.02 bits per heavy atom. The lowest BCUT2D eigenvalue weighted by atomic mass is 9.49. The Balaban J connectivity index is 0.944. The highest BCUT2D eigenvalue weighted by Gasteiger charge is 2.51. The number of hydrogen-bond acceptors (Lipinski definition) is 5. The molecular weight excluding hydrogens is 602 g/mol. The fourth-order valence-electron chi connectivity index (χ4n) is 10.6. The summed E-state index contributed by atoms with van der Waals surface area (Å²) in [7, 11) is 1.53. The number of amides is 2. The third-order valence-electron chi connectivity index (χ3n) is 12.4. The molecule has 9 heteroatoms. The number of fused-ring (bicyclic) bond motifs is 1. The van der Waals surface area contributed by atoms with E-state index in [1.165, 1.54) is 45.6 Å². The molecule has 3 aromatic rings. The van der Waals surface area contributed by atoms with Gasteiger partial charge in [-0.3, -0.25) is 14.4 Å². The SMILES string of the molecule is COc1cc(C)[nH]c(=O)c1CNC(=O)c1c(C)n([C@@H](C)C2CCN(CCNC(=O)CC34CC5CC(CC(C5)C3)C4)CC2)c2ccccc12. The minimum absolute atomic E-state index is 0.0767. The first-order valence-corrected chi connectivity index (χ1v) is 18.3. The first kappa shape index (κ1) is 32.9. The van der Waals surface area contributed by atoms with Gasteiger partial charge in [-0.05, 0) is 126 Å². The summed E-state index contributed by atoms with van der Waals surface area (Å²) in [5.41, 5.74) is 3.80. The van der Waals surface area contributed by atoms with E-state index in [9.17, 15) is 14.4 Å². The minimum atomic E-state index is -0.258. The van der Waals surface area contributed by atoms with Crippen molar-refractivity contribution in [3.8, 4) is 5.75 Å². The molecule has 5 fully saturated rings. The lowest BCUT2D eigenvalue weighted by molar-refractivity contribution is -0.129. The van der Waals surface area contributed by atoms with Crippen LogP contribution in [0.3, 0.4) is 0 Å². The Labute approximate surface area is 284 Å². The zero-order valence-corrected chi connectivity index (χ0v) is 29.2. The number of aromatic amines is 1. The summed E-state index contributed by atoms with van der Waals surface area (Å²) in [4.78, 5) is 44.7. The molecule has 2 aromatic heterocycles. The van der Waals surface area contributed by atoms with Crippen molar-refractivity contribution in [1.29, 1.82) is 0 Å². The van der Waals surface area contributed by atoms with Gasteiger partial charge in [-0.25, -0.2) is 0 Å². The van der Waals surface area contributed by atoms with Crippen molar-refractivity contribution >= 4 is 22.7 Å². The lowest BCUT2D eigenvalue weighted by Gasteiger charge is -2.56. The highest BCUT2D eigenvalue weighted by atomic mass is 16.5. The van der Waals surface area contributed by atoms with Crippen molar-refractivity contribution in [1.82, 2.24) is 25.1 Å². The zero-order valence-electron chi connectivity index (χ0n) is 29.2. The van der Waals surface area contributed by atoms with Gasteiger partial charge >= 0.3 is 0 Å². The number of benzene rings is 1. The molecule has 4 aliphatic carbocycles. The van der Waals surface area contributed by atoms with Crippen LogP contribution in [-0.4, -0.2) is 59.6 Å². The summed E-state index contributed by atoms with van der Waals surface area (Å²) >= 11 is 0. The highest BCUT2D eigenvalue weighted by Crippen LogP contribution is 2.61. The van der Waals surface area contributed by atoms with E-state index in [1.54, 1.807) is 13.0 Å². The molecule has 5 aliphatic rings. The van der Waals surface area contributed by atoms with E-state index in [1.807, 2.05) is 25.1 Å². The Kier molecular flexibility index (Phi) is 9.18. The molecule has 0 spiro atoms. The molecule has 9 nitrogen and oxygen atoms in total. The number of para-hydroxylation sites is 1. The van der Waals surface area contributed by atoms with Gasteiger partial charge in [0.2, 0.25) is 5.91 Å². The monoisotopic (exact) mass is 655 g/mol. The van der Waals surface area contributed by atoms with Crippen molar-refractivity contribution in [3.63, 3.8) is 0 Å². The third-order valence-corrected chi connectivity index (χ3v) is 12.4. The van der Waals surface area contributed by atoms with Gasteiger partial charge in [-0.1, -0.05) is 18.2 Å². The molecule has 0 radical (unpaired) electrons. The maximum atomic E-state index is 13.7. The topological polar surface area (TPSA) is 108 Å². The van der Waals surface area contributed by atoms with Crippen molar-refractivity contribution in [2.24, 2.45) is 29.1 Å². The first-order chi connectivity index (χ1) is 23.1. The van der Waals surface area contributed by atoms with Crippen LogP contribution in [0, 0.1) is 42.9 Å². The predicted octanol–water partition coefficient (Wildman–Crippen LogP) is 5.88. The number of nitrogens with zero attached hydrogens (tertiary/aromatic N) is 2. The van der Waals surface area contributed by atoms with Gasteiger partial charge in [0.05, 0.1) is 24.8 Å². The Morgan fingerprint density at radius 3 is 2.35 bits per heavy atom. The van der Waals surface area contributed by atoms with Crippen LogP contribution in [0.5, 0.6) is 5.75 Å². The summed E-state index contributed by atoms with van der Waals surface area (Å²) in [6, 6.07) is 10.1. The minimum Gasteiger partial charge on any atom is -0.496 e. The van der Waals surface area contributed by atoms with Crippen LogP contribution in [0.25, 0.3) is 10.9 Å². The van der Waals surface area contributed by atoms with E-state index in [0.717, 1.165) is 79.8 Å². The average molecular weight is 656 g/mol. The predicted molar refractivity (Wildman–Crippen MR) is 188 cm³/mol. The molecule has 2 amide bonds. The second kappa shape index (κ2) is 13.4. The summed E-state index contributed by atoms with van der Waals surface area (Å²) in [6.45, 7) is 9.85. The fourth-order valence-corrected chi connectivity index (χ4v) is 10.6. The number of carbonyl (C=O) groups excluding carboxylic acids is 2. The number of nitrogens with one attached hydrogen (secondary N) is 3. The molecule has 4 bridgehead atoms. The van der Waals surface area contributed by atoms with Crippen LogP contribution in [-0.2, 0) is 11.3 Å². The van der Waals surface area contributed by atoms with E-state index in [0.29, 0.717) is 33.9 Å². The average Bonchev–Trinajstić information content (AvgIpc) is 3.34. The second-order valence-corrected chi connectivity index (χ2v) is 15.7. The van der Waals surface area contributed by atoms with Crippen LogP contribution in [0.2, 0.25) is 0 Å². The number of pyridine rings is 1. The molecule has 48 heavy (non-hydrogen) atoms. The van der Waals surface area contributed by atoms with Crippen LogP contribution in [0.1, 0.15) is 98.1 Å². The number of ether oxygens (including phenoxy) is 1. The maximum absolute atomic E-state index is 13.7. The molecule has 258 valence electrons. The lowest BCUT2D eigenvalue weighted by Crippen LogP contribution is -2.48. The van der Waals surface area contributed by atoms with Crippen molar-refractivity contribution in [2.45, 2.75) is 91.1 Å². The number of methoxy groups -OCH3 is 1. The molecule has 1 saturated heterocycles. The first-order valence-electron chi connectivity index (χ1n) is 18.3. The molecule has 3 N–H and O–H groups in total. The molecule has 1 aromatic carbocycles. The summed E-state index contributed by atoms with van der Waals surface area (Å²) in [6.07, 6.45) is 11.0. The largest absolute Gasteiger partial charge is 0.496 e. The number of H-pyrrole nitrogens is 1. The van der Waals surface area contributed by atoms with Crippen molar-refractivity contribution < 1.29 is 14.3 Å². The van der Waals surface area contributed by atoms with Gasteiger partial charge in [-0.15, -0.1) is 0 Å². The molecule has 4 saturated carbocycles. The zero-order chi connectivity index (χ0) is 33.6. The Morgan fingerprint density at radius 2 is 1.69 bits per heavy atom. The van der Waals surface area contributed by atoms with Gasteiger partial charge < -0.3 is 29.8 Å². The normalized spacial score (nSPS) is 26.1. The quantitative estimate of drug-likeness (QED) is 0.239. The number of carbonyl (C=O) groups is 2. The standard InChI is InChI=1S/C39H53N5O4/c1-24-15-34(48-4)32(37(46)42-24)23-41-38(47)36-26(3)44(33-8-6-5-7-31(33)36)25(2)30-9-12-43(13-10-30)14-11-40-35(45)22-39-19-27-16-28(20-39)18-29(17-27)21-39/h5-8,15,25,27-30H,9-14,16-23H2,1-4H3,(H,40,45)(H,41,47)(H,42,46)/t25-,27?,28?,29?,39?/m0/s1. The Hall–Kier alpha value is -3.59. The number of hydrogen-bond donors (Lipinski definition) is 3. The number of likely N-dealkylation sites (tertiary alicyclic amines) is 1. The van der Waals surface area contributed by atoms with Crippen molar-refractivity contribution in [2.75, 3.05) is 33.3 Å². The van der Waals surface area contributed by atoms with Gasteiger partial charge in [0.1, 0.15) is 5.75 Å². The molecular formula is C39H53N5O4. The highest BCUT2D eigenvalue weighted by molar-refractivity contribution is 6.08. The van der Waals surface area contributed by atoms with Crippen LogP contribution in [0.15, 0.2) is 35.1 Å². The van der Waals surface area contributed by atoms with Gasteiger partial charge in [0.15, 0.2) is 0 Å². The number of aryl methyl sites for hydroxylation is 1. The molecule has 8 rings (SSSR count).